The number of likely N-dealkylation sites (tertiary alicyclic amines) is 1. The molecule has 3 nitrogen and oxygen atoms in total. The van der Waals surface area contributed by atoms with Gasteiger partial charge in [-0.15, -0.1) is 0 Å². The van der Waals surface area contributed by atoms with Gasteiger partial charge in [0.05, 0.1) is 0 Å². The molecule has 0 aromatic heterocycles. The van der Waals surface area contributed by atoms with Gasteiger partial charge in [-0.2, -0.15) is 0 Å². The van der Waals surface area contributed by atoms with Crippen LogP contribution in [0.25, 0.3) is 0 Å². The Morgan fingerprint density at radius 2 is 1.53 bits per heavy atom. The number of nitrogens with one attached hydrogen (secondary N) is 1. The van der Waals surface area contributed by atoms with Crippen LogP contribution >= 0.6 is 0 Å². The fourth-order valence-corrected chi connectivity index (χ4v) is 4.29. The van der Waals surface area contributed by atoms with Crippen molar-refractivity contribution in [3.8, 4) is 0 Å². The molecule has 3 saturated heterocycles. The molecule has 1 saturated carbocycles. The van der Waals surface area contributed by atoms with E-state index in [2.05, 4.69) is 15.1 Å². The molecule has 0 spiro atoms. The molecular formula is C14H25N3. The topological polar surface area (TPSA) is 18.5 Å². The molecule has 1 N–H and O–H groups in total. The highest BCUT2D eigenvalue weighted by molar-refractivity contribution is 5.00. The van der Waals surface area contributed by atoms with Crippen LogP contribution in [0.2, 0.25) is 0 Å². The predicted octanol–water partition coefficient (Wildman–Crippen LogP) is 1.05. The fraction of sp³-hybridized carbons (Fsp3) is 1.00. The predicted molar refractivity (Wildman–Crippen MR) is 69.1 cm³/mol. The molecule has 3 unspecified atom stereocenters. The summed E-state index contributed by atoms with van der Waals surface area (Å²) in [5.74, 6) is 0. The minimum absolute atomic E-state index is 0.804. The van der Waals surface area contributed by atoms with Crippen molar-refractivity contribution < 1.29 is 0 Å². The Morgan fingerprint density at radius 3 is 2.41 bits per heavy atom. The van der Waals surface area contributed by atoms with Crippen LogP contribution in [0, 0.1) is 0 Å². The van der Waals surface area contributed by atoms with E-state index in [1.54, 1.807) is 0 Å². The Labute approximate surface area is 105 Å². The van der Waals surface area contributed by atoms with Crippen LogP contribution in [0.4, 0.5) is 0 Å². The van der Waals surface area contributed by atoms with Crippen molar-refractivity contribution in [3.63, 3.8) is 0 Å². The fourth-order valence-electron chi connectivity index (χ4n) is 4.29. The van der Waals surface area contributed by atoms with Crippen LogP contribution < -0.4 is 5.32 Å². The molecule has 4 fully saturated rings. The SMILES string of the molecule is C1CC2C(N3CCC(NC4CC4)C3)CCN2C1. The van der Waals surface area contributed by atoms with E-state index < -0.39 is 0 Å². The summed E-state index contributed by atoms with van der Waals surface area (Å²) in [4.78, 5) is 5.54. The normalized spacial score (nSPS) is 43.4. The third-order valence-electron chi connectivity index (χ3n) is 5.31. The summed E-state index contributed by atoms with van der Waals surface area (Å²) in [5, 5.41) is 3.81. The van der Waals surface area contributed by atoms with E-state index in [1.807, 2.05) is 0 Å². The van der Waals surface area contributed by atoms with Gasteiger partial charge in [0.15, 0.2) is 0 Å². The van der Waals surface area contributed by atoms with Crippen molar-refractivity contribution in [1.29, 1.82) is 0 Å². The highest BCUT2D eigenvalue weighted by atomic mass is 15.3. The van der Waals surface area contributed by atoms with Gasteiger partial charge in [-0.1, -0.05) is 0 Å². The highest BCUT2D eigenvalue weighted by Gasteiger charge is 2.42. The first-order valence-electron chi connectivity index (χ1n) is 7.64. The zero-order valence-corrected chi connectivity index (χ0v) is 10.8. The van der Waals surface area contributed by atoms with Crippen LogP contribution in [0.5, 0.6) is 0 Å². The molecule has 3 atom stereocenters. The van der Waals surface area contributed by atoms with Crippen molar-refractivity contribution in [2.45, 2.75) is 62.7 Å². The number of hydrogen-bond acceptors (Lipinski definition) is 3. The van der Waals surface area contributed by atoms with Crippen LogP contribution in [0.1, 0.15) is 38.5 Å². The van der Waals surface area contributed by atoms with E-state index in [-0.39, 0.29) is 0 Å². The standard InChI is InChI=1S/C14H25N3/c1-2-13-14(6-9-16(13)7-1)17-8-5-12(10-17)15-11-3-4-11/h11-15H,1-10H2. The van der Waals surface area contributed by atoms with Crippen molar-refractivity contribution in [3.05, 3.63) is 0 Å². The van der Waals surface area contributed by atoms with Gasteiger partial charge < -0.3 is 5.32 Å². The van der Waals surface area contributed by atoms with Crippen molar-refractivity contribution in [1.82, 2.24) is 15.1 Å². The maximum Gasteiger partial charge on any atom is 0.0264 e. The smallest absolute Gasteiger partial charge is 0.0264 e. The van der Waals surface area contributed by atoms with Crippen LogP contribution in [-0.2, 0) is 0 Å². The largest absolute Gasteiger partial charge is 0.310 e. The van der Waals surface area contributed by atoms with Gasteiger partial charge in [-0.05, 0) is 45.1 Å². The molecule has 96 valence electrons. The summed E-state index contributed by atoms with van der Waals surface area (Å²) in [7, 11) is 0. The molecule has 0 radical (unpaired) electrons. The molecule has 3 heterocycles. The molecule has 4 rings (SSSR count). The van der Waals surface area contributed by atoms with E-state index in [1.165, 1.54) is 64.7 Å². The van der Waals surface area contributed by atoms with E-state index in [4.69, 9.17) is 0 Å². The monoisotopic (exact) mass is 235 g/mol. The molecule has 0 amide bonds. The molecule has 3 heteroatoms. The highest BCUT2D eigenvalue weighted by Crippen LogP contribution is 2.33. The van der Waals surface area contributed by atoms with Gasteiger partial charge in [0.2, 0.25) is 0 Å². The maximum atomic E-state index is 3.81. The van der Waals surface area contributed by atoms with Gasteiger partial charge in [0.25, 0.3) is 0 Å². The Morgan fingerprint density at radius 1 is 0.706 bits per heavy atom. The Hall–Kier alpha value is -0.120. The lowest BCUT2D eigenvalue weighted by atomic mass is 10.1. The van der Waals surface area contributed by atoms with Gasteiger partial charge in [-0.3, -0.25) is 9.80 Å². The van der Waals surface area contributed by atoms with Gasteiger partial charge in [-0.25, -0.2) is 0 Å². The summed E-state index contributed by atoms with van der Waals surface area (Å²) >= 11 is 0. The van der Waals surface area contributed by atoms with Gasteiger partial charge in [0.1, 0.15) is 0 Å². The lowest BCUT2D eigenvalue weighted by Gasteiger charge is -2.29. The second-order valence-corrected chi connectivity index (χ2v) is 6.52. The molecule has 0 bridgehead atoms. The van der Waals surface area contributed by atoms with E-state index in [0.29, 0.717) is 0 Å². The van der Waals surface area contributed by atoms with Crippen LogP contribution in [0.3, 0.4) is 0 Å². The average molecular weight is 235 g/mol. The summed E-state index contributed by atoms with van der Waals surface area (Å²) in [6.45, 7) is 5.41. The van der Waals surface area contributed by atoms with Gasteiger partial charge >= 0.3 is 0 Å². The van der Waals surface area contributed by atoms with E-state index in [0.717, 1.165) is 24.2 Å². The molecule has 17 heavy (non-hydrogen) atoms. The molecule has 0 aromatic rings. The Bertz CT molecular complexity index is 289. The summed E-state index contributed by atoms with van der Waals surface area (Å²) in [5.41, 5.74) is 0. The second-order valence-electron chi connectivity index (χ2n) is 6.52. The lowest BCUT2D eigenvalue weighted by Crippen LogP contribution is -2.43. The molecular weight excluding hydrogens is 210 g/mol. The minimum atomic E-state index is 0.804. The lowest BCUT2D eigenvalue weighted by molar-refractivity contribution is 0.188. The van der Waals surface area contributed by atoms with E-state index >= 15 is 0 Å². The van der Waals surface area contributed by atoms with Crippen molar-refractivity contribution in [2.24, 2.45) is 0 Å². The van der Waals surface area contributed by atoms with Gasteiger partial charge in [0, 0.05) is 43.8 Å². The maximum absolute atomic E-state index is 3.81. The van der Waals surface area contributed by atoms with E-state index in [9.17, 15) is 0 Å². The molecule has 3 aliphatic heterocycles. The first-order valence-corrected chi connectivity index (χ1v) is 7.64. The first kappa shape index (κ1) is 10.8. The molecule has 4 aliphatic rings. The first-order chi connectivity index (χ1) is 8.40. The number of nitrogens with zero attached hydrogens (tertiary/aromatic N) is 2. The number of fused-ring (bicyclic) bond motifs is 1. The summed E-state index contributed by atoms with van der Waals surface area (Å²) in [6.07, 6.45) is 8.58. The van der Waals surface area contributed by atoms with Crippen LogP contribution in [0.15, 0.2) is 0 Å². The summed E-state index contributed by atoms with van der Waals surface area (Å²) in [6, 6.07) is 3.49. The second kappa shape index (κ2) is 4.22. The zero-order valence-electron chi connectivity index (χ0n) is 10.8. The zero-order chi connectivity index (χ0) is 11.2. The van der Waals surface area contributed by atoms with Crippen molar-refractivity contribution >= 4 is 0 Å². The van der Waals surface area contributed by atoms with Crippen molar-refractivity contribution in [2.75, 3.05) is 26.2 Å². The third kappa shape index (κ3) is 2.02. The Kier molecular flexibility index (Phi) is 2.67. The average Bonchev–Trinajstić information content (AvgIpc) is 2.77. The number of rotatable bonds is 3. The summed E-state index contributed by atoms with van der Waals surface area (Å²) < 4.78 is 0. The molecule has 1 aliphatic carbocycles. The number of hydrogen-bond donors (Lipinski definition) is 1. The third-order valence-corrected chi connectivity index (χ3v) is 5.31. The quantitative estimate of drug-likeness (QED) is 0.789. The van der Waals surface area contributed by atoms with Crippen LogP contribution in [-0.4, -0.2) is 60.1 Å². The molecule has 0 aromatic carbocycles. The minimum Gasteiger partial charge on any atom is -0.310 e. The Balaban J connectivity index is 1.36.